The molecule has 2 saturated heterocycles. The van der Waals surface area contributed by atoms with Crippen molar-refractivity contribution in [3.05, 3.63) is 179 Å². The first-order valence-electron chi connectivity index (χ1n) is 21.6. The smallest absolute Gasteiger partial charge is 0.303 e. The fourth-order valence-electron chi connectivity index (χ4n) is 7.77. The van der Waals surface area contributed by atoms with Gasteiger partial charge in [0.2, 0.25) is 5.91 Å². The molecule has 0 saturated carbocycles. The number of hydrogen-bond donors (Lipinski definition) is 2. The van der Waals surface area contributed by atoms with Gasteiger partial charge < -0.3 is 53.1 Å². The van der Waals surface area contributed by atoms with Crippen molar-refractivity contribution in [2.75, 3.05) is 13.2 Å². The summed E-state index contributed by atoms with van der Waals surface area (Å²) < 4.78 is 58.4. The molecule has 0 spiro atoms. The molecule has 0 radical (unpaired) electrons. The van der Waals surface area contributed by atoms with E-state index in [2.05, 4.69) is 5.32 Å². The third-order valence-electron chi connectivity index (χ3n) is 10.8. The monoisotopic (exact) mass is 875 g/mol. The number of rotatable bonds is 21. The standard InChI is InChI=1S/C51H57NO12/c1-35(53)52-44-48(64-51-49(61-36(2)54)45(55)46(58-30-39-22-12-5-13-23-39)42(63-51)33-56-28-37-18-8-3-9-19-37)47(59-31-40-24-14-6-15-25-40)43(34-57-29-38-20-10-4-11-21-38)62-50(44)60-32-41-26-16-7-17-27-41/h3-27,42-51,55H,28-34H2,1-2H3,(H,52,53)/t42-,43-,44-,45+,46+,47-,48-,49-,50+,51+/m1/s1. The van der Waals surface area contributed by atoms with E-state index in [0.717, 1.165) is 27.8 Å². The number of esters is 1. The topological polar surface area (TPSA) is 149 Å². The first kappa shape index (κ1) is 46.7. The van der Waals surface area contributed by atoms with Gasteiger partial charge in [0.15, 0.2) is 18.7 Å². The number of amides is 1. The molecular weight excluding hydrogens is 819 g/mol. The fourth-order valence-corrected chi connectivity index (χ4v) is 7.77. The number of benzene rings is 5. The molecule has 0 aromatic heterocycles. The van der Waals surface area contributed by atoms with Crippen LogP contribution in [0.2, 0.25) is 0 Å². The quantitative estimate of drug-likeness (QED) is 0.0782. The summed E-state index contributed by atoms with van der Waals surface area (Å²) in [4.78, 5) is 26.0. The molecule has 2 N–H and O–H groups in total. The number of carbonyl (C=O) groups excluding carboxylic acids is 2. The van der Waals surface area contributed by atoms with Crippen LogP contribution in [-0.4, -0.2) is 91.5 Å². The lowest BCUT2D eigenvalue weighted by Gasteiger charge is -2.49. The lowest BCUT2D eigenvalue weighted by Crippen LogP contribution is -2.69. The van der Waals surface area contributed by atoms with Crippen LogP contribution in [-0.2, 0) is 85.3 Å². The van der Waals surface area contributed by atoms with E-state index in [1.165, 1.54) is 13.8 Å². The maximum absolute atomic E-state index is 13.1. The summed E-state index contributed by atoms with van der Waals surface area (Å²) in [5.41, 5.74) is 4.51. The molecule has 5 aromatic carbocycles. The highest BCUT2D eigenvalue weighted by Gasteiger charge is 2.54. The SMILES string of the molecule is CC(=O)N[C@H]1[C@@H](OCc2ccccc2)O[C@H](COCc2ccccc2)[C@@H](OCc2ccccc2)[C@@H]1O[C@@H]1O[C@H](COCc2ccccc2)[C@H](OCc2ccccc2)[C@H](O)[C@H]1OC(C)=O. The van der Waals surface area contributed by atoms with Gasteiger partial charge in [-0.05, 0) is 27.8 Å². The summed E-state index contributed by atoms with van der Waals surface area (Å²) in [7, 11) is 0. The van der Waals surface area contributed by atoms with Crippen molar-refractivity contribution in [1.29, 1.82) is 0 Å². The van der Waals surface area contributed by atoms with Crippen LogP contribution in [0.15, 0.2) is 152 Å². The number of aliphatic hydroxyl groups is 1. The summed E-state index contributed by atoms with van der Waals surface area (Å²) in [6, 6.07) is 47.1. The minimum atomic E-state index is -1.45. The van der Waals surface area contributed by atoms with Crippen LogP contribution in [0.1, 0.15) is 41.7 Å². The van der Waals surface area contributed by atoms with Gasteiger partial charge in [-0.2, -0.15) is 0 Å². The van der Waals surface area contributed by atoms with Gasteiger partial charge in [-0.3, -0.25) is 9.59 Å². The number of ether oxygens (including phenoxy) is 9. The van der Waals surface area contributed by atoms with Gasteiger partial charge in [0.1, 0.15) is 42.7 Å². The highest BCUT2D eigenvalue weighted by molar-refractivity contribution is 5.73. The van der Waals surface area contributed by atoms with E-state index >= 15 is 0 Å². The fraction of sp³-hybridized carbons (Fsp3) is 0.373. The van der Waals surface area contributed by atoms with Crippen molar-refractivity contribution in [2.45, 2.75) is 108 Å². The molecule has 64 heavy (non-hydrogen) atoms. The van der Waals surface area contributed by atoms with Crippen LogP contribution in [0.5, 0.6) is 0 Å². The zero-order valence-electron chi connectivity index (χ0n) is 36.1. The third kappa shape index (κ3) is 13.6. The average molecular weight is 876 g/mol. The third-order valence-corrected chi connectivity index (χ3v) is 10.8. The van der Waals surface area contributed by atoms with Crippen LogP contribution in [0.3, 0.4) is 0 Å². The molecule has 0 unspecified atom stereocenters. The molecule has 2 aliphatic heterocycles. The first-order chi connectivity index (χ1) is 31.3. The van der Waals surface area contributed by atoms with E-state index < -0.39 is 73.2 Å². The van der Waals surface area contributed by atoms with E-state index in [1.807, 2.05) is 152 Å². The zero-order chi connectivity index (χ0) is 44.5. The van der Waals surface area contributed by atoms with Crippen LogP contribution in [0.25, 0.3) is 0 Å². The Hall–Kier alpha value is -5.32. The predicted octanol–water partition coefficient (Wildman–Crippen LogP) is 6.44. The van der Waals surface area contributed by atoms with E-state index in [0.29, 0.717) is 0 Å². The molecule has 2 aliphatic rings. The normalized spacial score (nSPS) is 25.6. The lowest BCUT2D eigenvalue weighted by molar-refractivity contribution is -0.355. The maximum Gasteiger partial charge on any atom is 0.303 e. The highest BCUT2D eigenvalue weighted by Crippen LogP contribution is 2.35. The van der Waals surface area contributed by atoms with Crippen LogP contribution in [0.4, 0.5) is 0 Å². The Morgan fingerprint density at radius 3 is 1.33 bits per heavy atom. The largest absolute Gasteiger partial charge is 0.454 e. The Morgan fingerprint density at radius 2 is 0.891 bits per heavy atom. The maximum atomic E-state index is 13.1. The minimum Gasteiger partial charge on any atom is -0.454 e. The Bertz CT molecular complexity index is 2120. The Kier molecular flexibility index (Phi) is 17.6. The molecule has 338 valence electrons. The lowest BCUT2D eigenvalue weighted by atomic mass is 9.94. The summed E-state index contributed by atoms with van der Waals surface area (Å²) in [5.74, 6) is -1.07. The van der Waals surface area contributed by atoms with Crippen molar-refractivity contribution < 1.29 is 57.3 Å². The molecule has 1 amide bonds. The summed E-state index contributed by atoms with van der Waals surface area (Å²) in [5, 5.41) is 15.2. The van der Waals surface area contributed by atoms with E-state index in [1.54, 1.807) is 0 Å². The molecule has 2 fully saturated rings. The van der Waals surface area contributed by atoms with E-state index in [-0.39, 0.29) is 46.2 Å². The second-order valence-corrected chi connectivity index (χ2v) is 15.8. The predicted molar refractivity (Wildman–Crippen MR) is 235 cm³/mol. The van der Waals surface area contributed by atoms with Gasteiger partial charge in [0.25, 0.3) is 0 Å². The van der Waals surface area contributed by atoms with Gasteiger partial charge in [0, 0.05) is 13.8 Å². The first-order valence-corrected chi connectivity index (χ1v) is 21.6. The second-order valence-electron chi connectivity index (χ2n) is 15.8. The van der Waals surface area contributed by atoms with Crippen molar-refractivity contribution in [3.8, 4) is 0 Å². The Labute approximate surface area is 374 Å². The number of carbonyl (C=O) groups is 2. The molecule has 13 heteroatoms. The van der Waals surface area contributed by atoms with Gasteiger partial charge in [0.05, 0.1) is 46.2 Å². The Morgan fingerprint density at radius 1 is 0.500 bits per heavy atom. The zero-order valence-corrected chi connectivity index (χ0v) is 36.1. The number of hydrogen-bond acceptors (Lipinski definition) is 12. The van der Waals surface area contributed by atoms with E-state index in [9.17, 15) is 14.7 Å². The second kappa shape index (κ2) is 24.1. The van der Waals surface area contributed by atoms with Crippen molar-refractivity contribution in [1.82, 2.24) is 5.32 Å². The number of nitrogens with one attached hydrogen (secondary N) is 1. The van der Waals surface area contributed by atoms with Gasteiger partial charge in [-0.15, -0.1) is 0 Å². The summed E-state index contributed by atoms with van der Waals surface area (Å²) in [6.45, 7) is 3.59. The van der Waals surface area contributed by atoms with Gasteiger partial charge >= 0.3 is 5.97 Å². The van der Waals surface area contributed by atoms with Gasteiger partial charge in [-0.25, -0.2) is 0 Å². The molecule has 5 aromatic rings. The van der Waals surface area contributed by atoms with Crippen LogP contribution in [0, 0.1) is 0 Å². The highest BCUT2D eigenvalue weighted by atomic mass is 16.7. The molecule has 13 nitrogen and oxygen atoms in total. The molecule has 0 bridgehead atoms. The van der Waals surface area contributed by atoms with Crippen molar-refractivity contribution in [2.24, 2.45) is 0 Å². The van der Waals surface area contributed by atoms with Crippen molar-refractivity contribution >= 4 is 11.9 Å². The molecular formula is C51H57NO12. The van der Waals surface area contributed by atoms with Crippen LogP contribution >= 0.6 is 0 Å². The van der Waals surface area contributed by atoms with Gasteiger partial charge in [-0.1, -0.05) is 152 Å². The summed E-state index contributed by atoms with van der Waals surface area (Å²) >= 11 is 0. The van der Waals surface area contributed by atoms with Crippen molar-refractivity contribution in [3.63, 3.8) is 0 Å². The molecule has 2 heterocycles. The Balaban J connectivity index is 1.23. The number of aliphatic hydroxyl groups excluding tert-OH is 1. The summed E-state index contributed by atoms with van der Waals surface area (Å²) in [6.07, 6.45) is -10.2. The molecule has 10 atom stereocenters. The molecule has 0 aliphatic carbocycles. The van der Waals surface area contributed by atoms with E-state index in [4.69, 9.17) is 42.6 Å². The van der Waals surface area contributed by atoms with Crippen LogP contribution < -0.4 is 5.32 Å². The molecule has 7 rings (SSSR count). The average Bonchev–Trinajstić information content (AvgIpc) is 3.31. The minimum absolute atomic E-state index is 0.0202.